The molecule has 0 saturated carbocycles. The Kier molecular flexibility index (Phi) is 5.65. The van der Waals surface area contributed by atoms with Crippen LogP contribution >= 0.6 is 11.8 Å². The number of aryl methyl sites for hydroxylation is 1. The first-order valence-corrected chi connectivity index (χ1v) is 9.60. The third-order valence-corrected chi connectivity index (χ3v) is 4.96. The van der Waals surface area contributed by atoms with Crippen LogP contribution < -0.4 is 11.2 Å². The topological polar surface area (TPSA) is 168 Å². The SMILES string of the molecule is Cn1cnnc1SCc1c(C(=O)N/N=C/c2cccc(F)c2)nnn1-c1nonc1N. The Bertz CT molecular complexity index is 1250. The molecule has 0 spiro atoms. The molecule has 15 heteroatoms. The Labute approximate surface area is 177 Å². The van der Waals surface area contributed by atoms with E-state index in [2.05, 4.69) is 46.0 Å². The van der Waals surface area contributed by atoms with Gasteiger partial charge in [0.25, 0.3) is 5.91 Å². The lowest BCUT2D eigenvalue weighted by molar-refractivity contribution is 0.0949. The summed E-state index contributed by atoms with van der Waals surface area (Å²) in [5, 5.41) is 27.3. The van der Waals surface area contributed by atoms with E-state index in [1.165, 1.54) is 40.9 Å². The van der Waals surface area contributed by atoms with Crippen molar-refractivity contribution in [1.82, 2.24) is 45.5 Å². The van der Waals surface area contributed by atoms with E-state index in [4.69, 9.17) is 5.73 Å². The summed E-state index contributed by atoms with van der Waals surface area (Å²) in [6.45, 7) is 0. The number of nitrogens with zero attached hydrogens (tertiary/aromatic N) is 9. The van der Waals surface area contributed by atoms with E-state index in [9.17, 15) is 9.18 Å². The Morgan fingerprint density at radius 3 is 2.97 bits per heavy atom. The Hall–Kier alpha value is -4.14. The van der Waals surface area contributed by atoms with Gasteiger partial charge in [-0.05, 0) is 28.0 Å². The van der Waals surface area contributed by atoms with Crippen molar-refractivity contribution >= 4 is 29.7 Å². The molecule has 0 aliphatic rings. The zero-order valence-corrected chi connectivity index (χ0v) is 16.7. The average molecular weight is 443 g/mol. The van der Waals surface area contributed by atoms with Crippen molar-refractivity contribution in [3.05, 3.63) is 53.4 Å². The van der Waals surface area contributed by atoms with E-state index in [-0.39, 0.29) is 23.1 Å². The van der Waals surface area contributed by atoms with Gasteiger partial charge in [0.15, 0.2) is 10.9 Å². The number of halogens is 1. The van der Waals surface area contributed by atoms with Crippen LogP contribution in [-0.4, -0.2) is 52.2 Å². The summed E-state index contributed by atoms with van der Waals surface area (Å²) in [5.41, 5.74) is 8.91. The van der Waals surface area contributed by atoms with Gasteiger partial charge in [-0.3, -0.25) is 4.79 Å². The highest BCUT2D eigenvalue weighted by Gasteiger charge is 2.24. The molecule has 4 aromatic rings. The molecular weight excluding hydrogens is 429 g/mol. The van der Waals surface area contributed by atoms with Crippen molar-refractivity contribution in [2.24, 2.45) is 12.1 Å². The van der Waals surface area contributed by atoms with Crippen LogP contribution in [0.25, 0.3) is 5.82 Å². The van der Waals surface area contributed by atoms with Crippen LogP contribution in [0, 0.1) is 5.82 Å². The van der Waals surface area contributed by atoms with Crippen molar-refractivity contribution in [3.8, 4) is 5.82 Å². The largest absolute Gasteiger partial charge is 0.378 e. The van der Waals surface area contributed by atoms with Crippen molar-refractivity contribution in [2.45, 2.75) is 10.9 Å². The van der Waals surface area contributed by atoms with Gasteiger partial charge in [-0.15, -0.1) is 15.3 Å². The predicted molar refractivity (Wildman–Crippen MR) is 106 cm³/mol. The van der Waals surface area contributed by atoms with Gasteiger partial charge in [0.05, 0.1) is 11.9 Å². The predicted octanol–water partition coefficient (Wildman–Crippen LogP) is 0.556. The minimum absolute atomic E-state index is 0.0199. The number of nitrogens with one attached hydrogen (secondary N) is 1. The molecule has 4 rings (SSSR count). The van der Waals surface area contributed by atoms with Gasteiger partial charge < -0.3 is 10.3 Å². The number of nitrogen functional groups attached to an aromatic ring is 1. The van der Waals surface area contributed by atoms with Crippen LogP contribution in [0.15, 0.2) is 45.5 Å². The zero-order chi connectivity index (χ0) is 21.8. The second kappa shape index (κ2) is 8.70. The number of benzene rings is 1. The van der Waals surface area contributed by atoms with E-state index < -0.39 is 11.7 Å². The van der Waals surface area contributed by atoms with Crippen molar-refractivity contribution in [1.29, 1.82) is 0 Å². The quantitative estimate of drug-likeness (QED) is 0.234. The monoisotopic (exact) mass is 443 g/mol. The van der Waals surface area contributed by atoms with Crippen molar-refractivity contribution in [3.63, 3.8) is 0 Å². The third-order valence-electron chi connectivity index (χ3n) is 3.91. The van der Waals surface area contributed by atoms with E-state index in [0.717, 1.165) is 0 Å². The van der Waals surface area contributed by atoms with Gasteiger partial charge in [0, 0.05) is 12.8 Å². The first-order chi connectivity index (χ1) is 15.0. The molecule has 158 valence electrons. The lowest BCUT2D eigenvalue weighted by atomic mass is 10.2. The molecule has 1 aromatic carbocycles. The van der Waals surface area contributed by atoms with E-state index in [0.29, 0.717) is 16.4 Å². The van der Waals surface area contributed by atoms with Crippen molar-refractivity contribution < 1.29 is 13.8 Å². The second-order valence-corrected chi connectivity index (χ2v) is 6.98. The average Bonchev–Trinajstić information content (AvgIpc) is 3.46. The highest BCUT2D eigenvalue weighted by Crippen LogP contribution is 2.24. The van der Waals surface area contributed by atoms with Gasteiger partial charge in [-0.25, -0.2) is 14.4 Å². The normalized spacial score (nSPS) is 11.3. The molecule has 3 N–H and O–H groups in total. The summed E-state index contributed by atoms with van der Waals surface area (Å²) in [5.74, 6) is -0.765. The lowest BCUT2D eigenvalue weighted by Crippen LogP contribution is -2.20. The summed E-state index contributed by atoms with van der Waals surface area (Å²) in [6, 6.07) is 5.75. The van der Waals surface area contributed by atoms with E-state index >= 15 is 0 Å². The summed E-state index contributed by atoms with van der Waals surface area (Å²) < 4.78 is 20.8. The smallest absolute Gasteiger partial charge is 0.293 e. The molecule has 0 atom stereocenters. The molecule has 0 aliphatic carbocycles. The number of carbonyl (C=O) groups excluding carboxylic acids is 1. The summed E-state index contributed by atoms with van der Waals surface area (Å²) in [4.78, 5) is 12.7. The molecule has 3 aromatic heterocycles. The molecule has 0 fully saturated rings. The Morgan fingerprint density at radius 2 is 2.26 bits per heavy atom. The number of hydrazone groups is 1. The molecule has 0 unspecified atom stereocenters. The maximum atomic E-state index is 13.3. The molecule has 0 radical (unpaired) electrons. The van der Waals surface area contributed by atoms with Gasteiger partial charge in [0.2, 0.25) is 11.6 Å². The number of hydrogen-bond donors (Lipinski definition) is 2. The van der Waals surface area contributed by atoms with Gasteiger partial charge in [-0.2, -0.15) is 9.78 Å². The van der Waals surface area contributed by atoms with Crippen LogP contribution in [0.4, 0.5) is 10.2 Å². The fraction of sp³-hybridized carbons (Fsp3) is 0.125. The van der Waals surface area contributed by atoms with Crippen LogP contribution in [-0.2, 0) is 12.8 Å². The first kappa shape index (κ1) is 20.1. The zero-order valence-electron chi connectivity index (χ0n) is 15.9. The molecule has 1 amide bonds. The Balaban J connectivity index is 1.58. The van der Waals surface area contributed by atoms with E-state index in [1.54, 1.807) is 24.0 Å². The van der Waals surface area contributed by atoms with Crippen LogP contribution in [0.5, 0.6) is 0 Å². The number of nitrogens with two attached hydrogens (primary N) is 1. The van der Waals surface area contributed by atoms with Crippen molar-refractivity contribution in [2.75, 3.05) is 5.73 Å². The summed E-state index contributed by atoms with van der Waals surface area (Å²) >= 11 is 1.29. The third kappa shape index (κ3) is 4.40. The Morgan fingerprint density at radius 1 is 1.39 bits per heavy atom. The second-order valence-electron chi connectivity index (χ2n) is 6.04. The standard InChI is InChI=1S/C16H14FN11O2S/c1-27-8-20-23-16(27)31-7-11-12(21-26-28(11)14-13(18)24-30-25-14)15(29)22-19-6-9-3-2-4-10(17)5-9/h2-6,8H,7H2,1H3,(H2,18,24)(H,22,29)/b19-6+. The summed E-state index contributed by atoms with van der Waals surface area (Å²) in [6.07, 6.45) is 2.85. The highest BCUT2D eigenvalue weighted by atomic mass is 32.2. The minimum Gasteiger partial charge on any atom is -0.378 e. The molecule has 13 nitrogen and oxygen atoms in total. The van der Waals surface area contributed by atoms with Crippen LogP contribution in [0.3, 0.4) is 0 Å². The molecule has 31 heavy (non-hydrogen) atoms. The number of amides is 1. The number of hydrogen-bond acceptors (Lipinski definition) is 11. The number of anilines is 1. The fourth-order valence-corrected chi connectivity index (χ4v) is 3.34. The maximum Gasteiger partial charge on any atom is 0.293 e. The molecule has 0 aliphatic heterocycles. The van der Waals surface area contributed by atoms with Crippen LogP contribution in [0.2, 0.25) is 0 Å². The molecule has 0 bridgehead atoms. The van der Waals surface area contributed by atoms with Gasteiger partial charge >= 0.3 is 0 Å². The number of rotatable bonds is 7. The summed E-state index contributed by atoms with van der Waals surface area (Å²) in [7, 11) is 1.78. The van der Waals surface area contributed by atoms with Crippen LogP contribution in [0.1, 0.15) is 21.7 Å². The molecule has 0 saturated heterocycles. The first-order valence-electron chi connectivity index (χ1n) is 8.61. The molecule has 3 heterocycles. The fourth-order valence-electron chi connectivity index (χ4n) is 2.46. The number of carbonyl (C=O) groups is 1. The minimum atomic E-state index is -0.637. The lowest BCUT2D eigenvalue weighted by Gasteiger charge is -2.05. The molecular formula is C16H14FN11O2S. The number of thioether (sulfide) groups is 1. The van der Waals surface area contributed by atoms with E-state index in [1.807, 2.05) is 0 Å². The van der Waals surface area contributed by atoms with Gasteiger partial charge in [-0.1, -0.05) is 29.1 Å². The van der Waals surface area contributed by atoms with Gasteiger partial charge in [0.1, 0.15) is 12.1 Å². The maximum absolute atomic E-state index is 13.3. The number of aromatic nitrogens is 8. The highest BCUT2D eigenvalue weighted by molar-refractivity contribution is 7.98.